The van der Waals surface area contributed by atoms with Gasteiger partial charge in [0.25, 0.3) is 0 Å². The Labute approximate surface area is 112 Å². The van der Waals surface area contributed by atoms with Crippen molar-refractivity contribution in [1.29, 1.82) is 0 Å². The molecule has 1 rings (SSSR count). The Bertz CT molecular complexity index is 434. The van der Waals surface area contributed by atoms with Gasteiger partial charge in [-0.15, -0.1) is 0 Å². The molecule has 0 aliphatic rings. The molecule has 1 amide bonds. The number of rotatable bonds is 4. The van der Waals surface area contributed by atoms with Gasteiger partial charge in [0, 0.05) is 0 Å². The molecule has 0 saturated heterocycles. The summed E-state index contributed by atoms with van der Waals surface area (Å²) >= 11 is 0. The van der Waals surface area contributed by atoms with Crippen LogP contribution in [-0.4, -0.2) is 29.1 Å². The van der Waals surface area contributed by atoms with Crippen molar-refractivity contribution in [2.24, 2.45) is 0 Å². The molecule has 0 aromatic heterocycles. The van der Waals surface area contributed by atoms with Crippen LogP contribution < -0.4 is 5.32 Å². The Morgan fingerprint density at radius 2 is 1.95 bits per heavy atom. The third kappa shape index (κ3) is 5.90. The molecular formula is C14H19NO4. The zero-order valence-corrected chi connectivity index (χ0v) is 11.3. The first-order valence-corrected chi connectivity index (χ1v) is 6.03. The molecule has 0 unspecified atom stereocenters. The Morgan fingerprint density at radius 3 is 2.42 bits per heavy atom. The Hall–Kier alpha value is -2.04. The number of hydrogen-bond acceptors (Lipinski definition) is 4. The highest BCUT2D eigenvalue weighted by atomic mass is 16.6. The van der Waals surface area contributed by atoms with Gasteiger partial charge in [-0.25, -0.2) is 4.79 Å². The number of carbonyl (C=O) groups is 2. The minimum absolute atomic E-state index is 0.159. The highest BCUT2D eigenvalue weighted by molar-refractivity contribution is 5.73. The average molecular weight is 265 g/mol. The van der Waals surface area contributed by atoms with Crippen LogP contribution in [0.2, 0.25) is 0 Å². The lowest BCUT2D eigenvalue weighted by atomic mass is 10.1. The fourth-order valence-corrected chi connectivity index (χ4v) is 1.48. The number of carbonyl (C=O) groups excluding carboxylic acids is 2. The van der Waals surface area contributed by atoms with Gasteiger partial charge in [0.1, 0.15) is 17.6 Å². The van der Waals surface area contributed by atoms with Crippen molar-refractivity contribution >= 4 is 12.4 Å². The van der Waals surface area contributed by atoms with Crippen LogP contribution in [0.3, 0.4) is 0 Å². The monoisotopic (exact) mass is 265 g/mol. The number of amides is 1. The van der Waals surface area contributed by atoms with Crippen LogP contribution in [0.25, 0.3) is 0 Å². The van der Waals surface area contributed by atoms with Gasteiger partial charge >= 0.3 is 6.09 Å². The zero-order valence-electron chi connectivity index (χ0n) is 11.3. The van der Waals surface area contributed by atoms with E-state index in [2.05, 4.69) is 5.32 Å². The van der Waals surface area contributed by atoms with Crippen LogP contribution in [0.5, 0.6) is 5.75 Å². The lowest BCUT2D eigenvalue weighted by Crippen LogP contribution is -2.41. The maximum absolute atomic E-state index is 11.5. The van der Waals surface area contributed by atoms with Crippen LogP contribution in [0.15, 0.2) is 24.3 Å². The summed E-state index contributed by atoms with van der Waals surface area (Å²) in [5.41, 5.74) is 0.238. The summed E-state index contributed by atoms with van der Waals surface area (Å²) in [5, 5.41) is 11.7. The summed E-state index contributed by atoms with van der Waals surface area (Å²) in [6.45, 7) is 5.26. The number of aldehydes is 1. The van der Waals surface area contributed by atoms with Gasteiger partial charge in [0.05, 0.1) is 6.04 Å². The number of nitrogens with one attached hydrogen (secondary N) is 1. The normalized spacial score (nSPS) is 12.6. The van der Waals surface area contributed by atoms with Crippen molar-refractivity contribution in [2.75, 3.05) is 0 Å². The van der Waals surface area contributed by atoms with E-state index in [0.29, 0.717) is 12.7 Å². The second kappa shape index (κ2) is 6.22. The molecule has 0 bridgehead atoms. The van der Waals surface area contributed by atoms with Crippen molar-refractivity contribution in [3.05, 3.63) is 29.8 Å². The number of hydrogen-bond donors (Lipinski definition) is 2. The van der Waals surface area contributed by atoms with Crippen LogP contribution in [-0.2, 0) is 16.0 Å². The fraction of sp³-hybridized carbons (Fsp3) is 0.429. The molecule has 0 spiro atoms. The van der Waals surface area contributed by atoms with E-state index in [9.17, 15) is 9.59 Å². The Kier molecular flexibility index (Phi) is 4.92. The molecule has 5 nitrogen and oxygen atoms in total. The molecule has 19 heavy (non-hydrogen) atoms. The van der Waals surface area contributed by atoms with E-state index in [1.807, 2.05) is 0 Å². The largest absolute Gasteiger partial charge is 0.508 e. The minimum atomic E-state index is -0.653. The van der Waals surface area contributed by atoms with Crippen molar-refractivity contribution in [3.8, 4) is 5.75 Å². The molecule has 0 radical (unpaired) electrons. The van der Waals surface area contributed by atoms with Gasteiger partial charge in [-0.2, -0.15) is 0 Å². The second-order valence-electron chi connectivity index (χ2n) is 5.26. The van der Waals surface area contributed by atoms with Gasteiger partial charge in [0.15, 0.2) is 0 Å². The summed E-state index contributed by atoms with van der Waals surface area (Å²) in [7, 11) is 0. The average Bonchev–Trinajstić information content (AvgIpc) is 2.28. The van der Waals surface area contributed by atoms with E-state index in [0.717, 1.165) is 5.56 Å². The number of phenols is 1. The summed E-state index contributed by atoms with van der Waals surface area (Å²) in [6, 6.07) is 5.81. The first-order valence-electron chi connectivity index (χ1n) is 6.03. The van der Waals surface area contributed by atoms with E-state index in [-0.39, 0.29) is 5.75 Å². The molecule has 0 aliphatic carbocycles. The Balaban J connectivity index is 2.57. The van der Waals surface area contributed by atoms with Gasteiger partial charge in [-0.3, -0.25) is 0 Å². The highest BCUT2D eigenvalue weighted by Gasteiger charge is 2.19. The summed E-state index contributed by atoms with van der Waals surface area (Å²) in [4.78, 5) is 22.5. The van der Waals surface area contributed by atoms with Crippen molar-refractivity contribution < 1.29 is 19.4 Å². The van der Waals surface area contributed by atoms with Crippen LogP contribution >= 0.6 is 0 Å². The summed E-state index contributed by atoms with van der Waals surface area (Å²) in [5.74, 6) is 0.159. The second-order valence-corrected chi connectivity index (χ2v) is 5.26. The molecule has 1 aromatic carbocycles. The third-order valence-corrected chi connectivity index (χ3v) is 2.26. The first-order chi connectivity index (χ1) is 8.80. The number of aromatic hydroxyl groups is 1. The van der Waals surface area contributed by atoms with Gasteiger partial charge < -0.3 is 20.0 Å². The summed E-state index contributed by atoms with van der Waals surface area (Å²) in [6.07, 6.45) is 0.392. The zero-order chi connectivity index (χ0) is 14.5. The standard InChI is InChI=1S/C14H19NO4/c1-14(2,3)19-13(18)15-11(9-16)8-10-4-6-12(17)7-5-10/h4-7,9,11,17H,8H2,1-3H3,(H,15,18)/t11-/m1/s1. The molecule has 0 aliphatic heterocycles. The van der Waals surface area contributed by atoms with Crippen molar-refractivity contribution in [3.63, 3.8) is 0 Å². The molecule has 1 aromatic rings. The first kappa shape index (κ1) is 15.0. The minimum Gasteiger partial charge on any atom is -0.508 e. The molecule has 0 heterocycles. The van der Waals surface area contributed by atoms with Crippen LogP contribution in [0.1, 0.15) is 26.3 Å². The summed E-state index contributed by atoms with van der Waals surface area (Å²) < 4.78 is 5.08. The molecule has 0 fully saturated rings. The van der Waals surface area contributed by atoms with Crippen LogP contribution in [0, 0.1) is 0 Å². The molecular weight excluding hydrogens is 246 g/mol. The number of ether oxygens (including phenoxy) is 1. The van der Waals surface area contributed by atoms with Gasteiger partial charge in [0.2, 0.25) is 0 Å². The lowest BCUT2D eigenvalue weighted by molar-refractivity contribution is -0.109. The maximum Gasteiger partial charge on any atom is 0.408 e. The fourth-order valence-electron chi connectivity index (χ4n) is 1.48. The van der Waals surface area contributed by atoms with Crippen molar-refractivity contribution in [1.82, 2.24) is 5.32 Å². The Morgan fingerprint density at radius 1 is 1.37 bits per heavy atom. The highest BCUT2D eigenvalue weighted by Crippen LogP contribution is 2.11. The molecule has 104 valence electrons. The van der Waals surface area contributed by atoms with Crippen molar-refractivity contribution in [2.45, 2.75) is 38.8 Å². The quantitative estimate of drug-likeness (QED) is 0.817. The van der Waals surface area contributed by atoms with Gasteiger partial charge in [-0.05, 0) is 44.9 Å². The predicted molar refractivity (Wildman–Crippen MR) is 71.0 cm³/mol. The number of alkyl carbamates (subject to hydrolysis) is 1. The predicted octanol–water partition coefficient (Wildman–Crippen LogP) is 2.03. The third-order valence-electron chi connectivity index (χ3n) is 2.26. The van der Waals surface area contributed by atoms with Crippen LogP contribution in [0.4, 0.5) is 4.79 Å². The van der Waals surface area contributed by atoms with E-state index >= 15 is 0 Å². The molecule has 5 heteroatoms. The van der Waals surface area contributed by atoms with Gasteiger partial charge in [-0.1, -0.05) is 12.1 Å². The van der Waals surface area contributed by atoms with E-state index in [1.165, 1.54) is 12.1 Å². The maximum atomic E-state index is 11.5. The van der Waals surface area contributed by atoms with E-state index in [1.54, 1.807) is 32.9 Å². The molecule has 0 saturated carbocycles. The number of phenolic OH excluding ortho intramolecular Hbond substituents is 1. The van der Waals surface area contributed by atoms with E-state index in [4.69, 9.17) is 9.84 Å². The SMILES string of the molecule is CC(C)(C)OC(=O)N[C@@H](C=O)Cc1ccc(O)cc1. The molecule has 1 atom stereocenters. The van der Waals surface area contributed by atoms with E-state index < -0.39 is 17.7 Å². The lowest BCUT2D eigenvalue weighted by Gasteiger charge is -2.21. The smallest absolute Gasteiger partial charge is 0.408 e. The topological polar surface area (TPSA) is 75.6 Å². The number of benzene rings is 1. The molecule has 2 N–H and O–H groups in total.